The van der Waals surface area contributed by atoms with E-state index in [4.69, 9.17) is 14.2 Å². The van der Waals surface area contributed by atoms with Crippen LogP contribution in [0.5, 0.6) is 17.2 Å². The van der Waals surface area contributed by atoms with E-state index in [0.717, 1.165) is 0 Å². The first kappa shape index (κ1) is 14.0. The maximum Gasteiger partial charge on any atom is 0.233 e. The van der Waals surface area contributed by atoms with Crippen molar-refractivity contribution in [3.63, 3.8) is 0 Å². The van der Waals surface area contributed by atoms with Gasteiger partial charge in [0.25, 0.3) is 0 Å². The van der Waals surface area contributed by atoms with Crippen LogP contribution in [0.15, 0.2) is 12.1 Å². The maximum atomic E-state index is 10.4. The molecule has 0 aromatic heterocycles. The van der Waals surface area contributed by atoms with Crippen molar-refractivity contribution in [2.75, 3.05) is 27.9 Å². The van der Waals surface area contributed by atoms with E-state index in [2.05, 4.69) is 0 Å². The molecule has 1 atom stereocenters. The molecule has 0 fully saturated rings. The van der Waals surface area contributed by atoms with Gasteiger partial charge in [-0.2, -0.15) is 0 Å². The van der Waals surface area contributed by atoms with Gasteiger partial charge in [-0.15, -0.1) is 0 Å². The molecule has 1 N–H and O–H groups in total. The van der Waals surface area contributed by atoms with Crippen molar-refractivity contribution in [1.82, 2.24) is 0 Å². The number of aliphatic hydroxyl groups is 1. The molecule has 0 radical (unpaired) electrons. The first-order valence-electron chi connectivity index (χ1n) is 5.13. The first-order chi connectivity index (χ1) is 8.53. The van der Waals surface area contributed by atoms with E-state index in [-0.39, 0.29) is 0 Å². The van der Waals surface area contributed by atoms with Crippen LogP contribution in [0.25, 0.3) is 0 Å². The van der Waals surface area contributed by atoms with E-state index in [0.29, 0.717) is 22.8 Å². The lowest BCUT2D eigenvalue weighted by molar-refractivity contribution is -0.491. The monoisotopic (exact) mass is 257 g/mol. The van der Waals surface area contributed by atoms with E-state index < -0.39 is 17.6 Å². The Bertz CT molecular complexity index is 409. The molecule has 0 aliphatic carbocycles. The summed E-state index contributed by atoms with van der Waals surface area (Å²) in [6.07, 6.45) is -1.23. The Kier molecular flexibility index (Phi) is 4.73. The average Bonchev–Trinajstić information content (AvgIpc) is 2.35. The van der Waals surface area contributed by atoms with E-state index in [1.165, 1.54) is 33.5 Å². The Morgan fingerprint density at radius 1 is 1.22 bits per heavy atom. The van der Waals surface area contributed by atoms with Crippen molar-refractivity contribution >= 4 is 0 Å². The Hall–Kier alpha value is -2.02. The van der Waals surface area contributed by atoms with Crippen LogP contribution >= 0.6 is 0 Å². The van der Waals surface area contributed by atoms with Gasteiger partial charge in [0.1, 0.15) is 6.10 Å². The Labute approximate surface area is 104 Å². The summed E-state index contributed by atoms with van der Waals surface area (Å²) >= 11 is 0. The lowest BCUT2D eigenvalue weighted by Crippen LogP contribution is -2.12. The van der Waals surface area contributed by atoms with Crippen LogP contribution < -0.4 is 14.2 Å². The van der Waals surface area contributed by atoms with Crippen molar-refractivity contribution < 1.29 is 24.2 Å². The van der Waals surface area contributed by atoms with Gasteiger partial charge >= 0.3 is 0 Å². The summed E-state index contributed by atoms with van der Waals surface area (Å²) in [4.78, 5) is 9.78. The number of rotatable bonds is 6. The van der Waals surface area contributed by atoms with Crippen LogP contribution in [-0.4, -0.2) is 37.9 Å². The first-order valence-corrected chi connectivity index (χ1v) is 5.13. The van der Waals surface area contributed by atoms with Crippen molar-refractivity contribution in [2.45, 2.75) is 6.10 Å². The third-order valence-corrected chi connectivity index (χ3v) is 2.39. The molecule has 0 saturated carbocycles. The highest BCUT2D eigenvalue weighted by Gasteiger charge is 2.20. The maximum absolute atomic E-state index is 10.4. The SMILES string of the molecule is COc1cc(C(O)C[N+](=O)[O-])cc(OC)c1OC. The number of nitrogens with zero attached hydrogens (tertiary/aromatic N) is 1. The summed E-state index contributed by atoms with van der Waals surface area (Å²) in [5.41, 5.74) is 0.334. The number of hydrogen-bond donors (Lipinski definition) is 1. The Balaban J connectivity index is 3.18. The minimum absolute atomic E-state index is 0.334. The average molecular weight is 257 g/mol. The number of methoxy groups -OCH3 is 3. The van der Waals surface area contributed by atoms with Crippen LogP contribution in [0.4, 0.5) is 0 Å². The molecule has 1 unspecified atom stereocenters. The molecule has 100 valence electrons. The zero-order chi connectivity index (χ0) is 13.7. The standard InChI is InChI=1S/C11H15NO6/c1-16-9-4-7(8(13)6-12(14)15)5-10(17-2)11(9)18-3/h4-5,8,13H,6H2,1-3H3. The molecule has 7 heteroatoms. The zero-order valence-electron chi connectivity index (χ0n) is 10.4. The van der Waals surface area contributed by atoms with Gasteiger partial charge in [0, 0.05) is 4.92 Å². The van der Waals surface area contributed by atoms with E-state index in [1.807, 2.05) is 0 Å². The molecule has 0 spiro atoms. The van der Waals surface area contributed by atoms with Gasteiger partial charge in [-0.3, -0.25) is 10.1 Å². The van der Waals surface area contributed by atoms with Crippen molar-refractivity contribution in [1.29, 1.82) is 0 Å². The third-order valence-electron chi connectivity index (χ3n) is 2.39. The molecule has 18 heavy (non-hydrogen) atoms. The fourth-order valence-electron chi connectivity index (χ4n) is 1.54. The largest absolute Gasteiger partial charge is 0.493 e. The quantitative estimate of drug-likeness (QED) is 0.604. The summed E-state index contributed by atoms with van der Waals surface area (Å²) < 4.78 is 15.3. The molecule has 1 aromatic carbocycles. The number of nitro groups is 1. The topological polar surface area (TPSA) is 91.1 Å². The molecule has 0 saturated heterocycles. The van der Waals surface area contributed by atoms with Crippen LogP contribution in [0.1, 0.15) is 11.7 Å². The fraction of sp³-hybridized carbons (Fsp3) is 0.455. The van der Waals surface area contributed by atoms with Crippen molar-refractivity contribution in [3.05, 3.63) is 27.8 Å². The highest BCUT2D eigenvalue weighted by atomic mass is 16.6. The van der Waals surface area contributed by atoms with Crippen molar-refractivity contribution in [3.8, 4) is 17.2 Å². The summed E-state index contributed by atoms with van der Waals surface area (Å²) in [6.45, 7) is -0.585. The zero-order valence-corrected chi connectivity index (χ0v) is 10.4. The molecule has 7 nitrogen and oxygen atoms in total. The summed E-state index contributed by atoms with van der Waals surface area (Å²) in [7, 11) is 4.31. The molecule has 0 heterocycles. The van der Waals surface area contributed by atoms with Gasteiger partial charge < -0.3 is 19.3 Å². The minimum atomic E-state index is -1.23. The predicted molar refractivity (Wildman–Crippen MR) is 62.9 cm³/mol. The number of aliphatic hydroxyl groups excluding tert-OH is 1. The second-order valence-corrected chi connectivity index (χ2v) is 3.49. The minimum Gasteiger partial charge on any atom is -0.493 e. The Morgan fingerprint density at radius 2 is 1.72 bits per heavy atom. The molecule has 0 aliphatic rings. The molecule has 1 aromatic rings. The molecular weight excluding hydrogens is 242 g/mol. The predicted octanol–water partition coefficient (Wildman–Crippen LogP) is 1.02. The summed E-state index contributed by atoms with van der Waals surface area (Å²) in [6, 6.07) is 2.96. The van der Waals surface area contributed by atoms with Gasteiger partial charge in [-0.25, -0.2) is 0 Å². The van der Waals surface area contributed by atoms with Gasteiger partial charge in [-0.1, -0.05) is 0 Å². The summed E-state index contributed by atoms with van der Waals surface area (Å²) in [5, 5.41) is 20.1. The highest BCUT2D eigenvalue weighted by Crippen LogP contribution is 2.39. The van der Waals surface area contributed by atoms with Gasteiger partial charge in [-0.05, 0) is 17.7 Å². The smallest absolute Gasteiger partial charge is 0.233 e. The molecular formula is C11H15NO6. The molecule has 0 bridgehead atoms. The lowest BCUT2D eigenvalue weighted by atomic mass is 10.1. The van der Waals surface area contributed by atoms with Gasteiger partial charge in [0.15, 0.2) is 11.5 Å². The molecule has 1 rings (SSSR count). The summed E-state index contributed by atoms with van der Waals surface area (Å²) in [5.74, 6) is 1.06. The van der Waals surface area contributed by atoms with E-state index in [9.17, 15) is 15.2 Å². The molecule has 0 aliphatic heterocycles. The number of hydrogen-bond acceptors (Lipinski definition) is 6. The third kappa shape index (κ3) is 3.01. The van der Waals surface area contributed by atoms with E-state index >= 15 is 0 Å². The number of benzene rings is 1. The lowest BCUT2D eigenvalue weighted by Gasteiger charge is -2.15. The van der Waals surface area contributed by atoms with Crippen LogP contribution in [0.3, 0.4) is 0 Å². The normalized spacial score (nSPS) is 11.8. The van der Waals surface area contributed by atoms with Crippen LogP contribution in [0, 0.1) is 10.1 Å². The Morgan fingerprint density at radius 3 is 2.06 bits per heavy atom. The van der Waals surface area contributed by atoms with E-state index in [1.54, 1.807) is 0 Å². The van der Waals surface area contributed by atoms with Crippen LogP contribution in [-0.2, 0) is 0 Å². The van der Waals surface area contributed by atoms with Gasteiger partial charge in [0.2, 0.25) is 12.3 Å². The highest BCUT2D eigenvalue weighted by molar-refractivity contribution is 5.54. The van der Waals surface area contributed by atoms with Gasteiger partial charge in [0.05, 0.1) is 21.3 Å². The molecule has 0 amide bonds. The fourth-order valence-corrected chi connectivity index (χ4v) is 1.54. The second kappa shape index (κ2) is 6.06. The van der Waals surface area contributed by atoms with Crippen molar-refractivity contribution in [2.24, 2.45) is 0 Å². The number of ether oxygens (including phenoxy) is 3. The van der Waals surface area contributed by atoms with Crippen LogP contribution in [0.2, 0.25) is 0 Å². The second-order valence-electron chi connectivity index (χ2n) is 3.49.